The second-order valence-electron chi connectivity index (χ2n) is 3.71. The van der Waals surface area contributed by atoms with Crippen LogP contribution < -0.4 is 5.32 Å². The molecule has 0 heterocycles. The minimum atomic E-state index is -0.894. The lowest BCUT2D eigenvalue weighted by Gasteiger charge is -2.14. The molecule has 1 N–H and O–H groups in total. The Morgan fingerprint density at radius 2 is 2.06 bits per heavy atom. The monoisotopic (exact) mass is 227 g/mol. The van der Waals surface area contributed by atoms with Gasteiger partial charge < -0.3 is 5.32 Å². The van der Waals surface area contributed by atoms with Crippen molar-refractivity contribution < 1.29 is 13.6 Å². The van der Waals surface area contributed by atoms with Gasteiger partial charge >= 0.3 is 0 Å². The largest absolute Gasteiger partial charge is 0.350 e. The molecular weight excluding hydrogens is 212 g/mol. The predicted molar refractivity (Wildman–Crippen MR) is 57.8 cm³/mol. The van der Waals surface area contributed by atoms with Gasteiger partial charge in [-0.15, -0.1) is 0 Å². The molecule has 0 bridgehead atoms. The average molecular weight is 227 g/mol. The van der Waals surface area contributed by atoms with Crippen LogP contribution >= 0.6 is 0 Å². The maximum Gasteiger partial charge on any atom is 0.220 e. The molecule has 0 radical (unpaired) electrons. The zero-order valence-electron chi connectivity index (χ0n) is 9.39. The van der Waals surface area contributed by atoms with Gasteiger partial charge in [-0.25, -0.2) is 8.78 Å². The quantitative estimate of drug-likeness (QED) is 0.841. The number of benzene rings is 1. The molecule has 0 spiro atoms. The van der Waals surface area contributed by atoms with E-state index in [-0.39, 0.29) is 11.9 Å². The number of rotatable bonds is 4. The first-order valence-electron chi connectivity index (χ1n) is 5.29. The van der Waals surface area contributed by atoms with E-state index < -0.39 is 11.6 Å². The second kappa shape index (κ2) is 5.58. The van der Waals surface area contributed by atoms with Crippen LogP contribution in [-0.4, -0.2) is 5.91 Å². The van der Waals surface area contributed by atoms with Crippen molar-refractivity contribution in [2.45, 2.75) is 32.7 Å². The van der Waals surface area contributed by atoms with E-state index >= 15 is 0 Å². The number of carbonyl (C=O) groups excluding carboxylic acids is 1. The van der Waals surface area contributed by atoms with E-state index in [0.717, 1.165) is 18.6 Å². The summed E-state index contributed by atoms with van der Waals surface area (Å²) in [6, 6.07) is 3.32. The molecule has 1 atom stereocenters. The van der Waals surface area contributed by atoms with Crippen molar-refractivity contribution in [1.82, 2.24) is 5.32 Å². The van der Waals surface area contributed by atoms with Gasteiger partial charge in [0.1, 0.15) is 0 Å². The van der Waals surface area contributed by atoms with Crippen LogP contribution in [0.3, 0.4) is 0 Å². The van der Waals surface area contributed by atoms with Gasteiger partial charge in [0.25, 0.3) is 0 Å². The highest BCUT2D eigenvalue weighted by atomic mass is 19.2. The first-order chi connectivity index (χ1) is 7.54. The summed E-state index contributed by atoms with van der Waals surface area (Å²) in [6.07, 6.45) is 1.20. The molecule has 0 aliphatic heterocycles. The van der Waals surface area contributed by atoms with Gasteiger partial charge in [0.15, 0.2) is 11.6 Å². The van der Waals surface area contributed by atoms with Crippen molar-refractivity contribution in [3.05, 3.63) is 35.4 Å². The van der Waals surface area contributed by atoms with Crippen LogP contribution in [0.5, 0.6) is 0 Å². The first kappa shape index (κ1) is 12.6. The molecule has 0 aliphatic carbocycles. The van der Waals surface area contributed by atoms with Gasteiger partial charge in [-0.05, 0) is 31.0 Å². The summed E-state index contributed by atoms with van der Waals surface area (Å²) in [5, 5.41) is 2.72. The van der Waals surface area contributed by atoms with E-state index in [4.69, 9.17) is 0 Å². The summed E-state index contributed by atoms with van der Waals surface area (Å²) < 4.78 is 25.6. The van der Waals surface area contributed by atoms with Crippen molar-refractivity contribution >= 4 is 5.91 Å². The summed E-state index contributed by atoms with van der Waals surface area (Å²) in [7, 11) is 0. The Balaban J connectivity index is 2.69. The molecule has 0 fully saturated rings. The molecule has 4 heteroatoms. The fourth-order valence-electron chi connectivity index (χ4n) is 1.41. The number of halogens is 2. The summed E-state index contributed by atoms with van der Waals surface area (Å²) in [6.45, 7) is 3.64. The minimum absolute atomic E-state index is 0.0836. The van der Waals surface area contributed by atoms with Crippen LogP contribution in [0.15, 0.2) is 18.2 Å². The molecule has 1 amide bonds. The fourth-order valence-corrected chi connectivity index (χ4v) is 1.41. The smallest absolute Gasteiger partial charge is 0.220 e. The molecule has 0 aliphatic rings. The van der Waals surface area contributed by atoms with Crippen LogP contribution in [0.1, 0.15) is 38.3 Å². The summed E-state index contributed by atoms with van der Waals surface area (Å²) in [5.41, 5.74) is 0.559. The van der Waals surface area contributed by atoms with E-state index in [2.05, 4.69) is 5.32 Å². The van der Waals surface area contributed by atoms with E-state index in [1.807, 2.05) is 6.92 Å². The van der Waals surface area contributed by atoms with E-state index in [0.29, 0.717) is 12.0 Å². The third kappa shape index (κ3) is 3.29. The van der Waals surface area contributed by atoms with Gasteiger partial charge in [0.05, 0.1) is 6.04 Å². The second-order valence-corrected chi connectivity index (χ2v) is 3.71. The van der Waals surface area contributed by atoms with Gasteiger partial charge in [-0.2, -0.15) is 0 Å². The van der Waals surface area contributed by atoms with E-state index in [1.165, 1.54) is 6.07 Å². The Kier molecular flexibility index (Phi) is 4.40. The van der Waals surface area contributed by atoms with Crippen LogP contribution in [0, 0.1) is 11.6 Å². The van der Waals surface area contributed by atoms with E-state index in [1.54, 1.807) is 6.92 Å². The number of nitrogens with one attached hydrogen (secondary N) is 1. The van der Waals surface area contributed by atoms with Gasteiger partial charge in [0.2, 0.25) is 5.91 Å². The molecule has 1 aromatic carbocycles. The predicted octanol–water partition coefficient (Wildman–Crippen LogP) is 2.94. The Labute approximate surface area is 93.7 Å². The lowest BCUT2D eigenvalue weighted by atomic mass is 10.1. The standard InChI is InChI=1S/C12H15F2NO/c1-3-4-12(16)15-8(2)9-5-6-10(13)11(14)7-9/h5-8H,3-4H2,1-2H3,(H,15,16). The van der Waals surface area contributed by atoms with Crippen LogP contribution in [0.25, 0.3) is 0 Å². The molecule has 88 valence electrons. The van der Waals surface area contributed by atoms with Crippen LogP contribution in [0.2, 0.25) is 0 Å². The van der Waals surface area contributed by atoms with Crippen LogP contribution in [-0.2, 0) is 4.79 Å². The molecular formula is C12H15F2NO. The molecule has 1 unspecified atom stereocenters. The summed E-state index contributed by atoms with van der Waals surface area (Å²) >= 11 is 0. The normalized spacial score (nSPS) is 12.2. The highest BCUT2D eigenvalue weighted by molar-refractivity contribution is 5.76. The maximum atomic E-state index is 12.9. The Morgan fingerprint density at radius 1 is 1.38 bits per heavy atom. The molecule has 0 saturated heterocycles. The molecule has 1 aromatic rings. The molecule has 16 heavy (non-hydrogen) atoms. The fraction of sp³-hybridized carbons (Fsp3) is 0.417. The SMILES string of the molecule is CCCC(=O)NC(C)c1ccc(F)c(F)c1. The zero-order chi connectivity index (χ0) is 12.1. The number of carbonyl (C=O) groups is 1. The number of amides is 1. The number of hydrogen-bond donors (Lipinski definition) is 1. The lowest BCUT2D eigenvalue weighted by molar-refractivity contribution is -0.121. The molecule has 0 saturated carbocycles. The minimum Gasteiger partial charge on any atom is -0.350 e. The average Bonchev–Trinajstić information content (AvgIpc) is 2.22. The van der Waals surface area contributed by atoms with Gasteiger partial charge in [0, 0.05) is 6.42 Å². The topological polar surface area (TPSA) is 29.1 Å². The first-order valence-corrected chi connectivity index (χ1v) is 5.29. The zero-order valence-corrected chi connectivity index (χ0v) is 9.39. The number of hydrogen-bond acceptors (Lipinski definition) is 1. The highest BCUT2D eigenvalue weighted by Crippen LogP contribution is 2.15. The Hall–Kier alpha value is -1.45. The van der Waals surface area contributed by atoms with E-state index in [9.17, 15) is 13.6 Å². The van der Waals surface area contributed by atoms with Gasteiger partial charge in [-0.1, -0.05) is 13.0 Å². The maximum absolute atomic E-state index is 12.9. The van der Waals surface area contributed by atoms with Crippen molar-refractivity contribution in [1.29, 1.82) is 0 Å². The van der Waals surface area contributed by atoms with Crippen molar-refractivity contribution in [3.63, 3.8) is 0 Å². The lowest BCUT2D eigenvalue weighted by Crippen LogP contribution is -2.26. The third-order valence-corrected chi connectivity index (χ3v) is 2.30. The third-order valence-electron chi connectivity index (χ3n) is 2.30. The van der Waals surface area contributed by atoms with Gasteiger partial charge in [-0.3, -0.25) is 4.79 Å². The highest BCUT2D eigenvalue weighted by Gasteiger charge is 2.11. The molecule has 2 nitrogen and oxygen atoms in total. The Morgan fingerprint density at radius 3 is 2.62 bits per heavy atom. The van der Waals surface area contributed by atoms with Crippen molar-refractivity contribution in [3.8, 4) is 0 Å². The van der Waals surface area contributed by atoms with Crippen LogP contribution in [0.4, 0.5) is 8.78 Å². The van der Waals surface area contributed by atoms with Crippen molar-refractivity contribution in [2.24, 2.45) is 0 Å². The Bertz CT molecular complexity index is 379. The molecule has 1 rings (SSSR count). The molecule has 0 aromatic heterocycles. The van der Waals surface area contributed by atoms with Crippen molar-refractivity contribution in [2.75, 3.05) is 0 Å². The summed E-state index contributed by atoms with van der Waals surface area (Å²) in [5.74, 6) is -1.86. The summed E-state index contributed by atoms with van der Waals surface area (Å²) in [4.78, 5) is 11.3.